The first kappa shape index (κ1) is 21.1. The van der Waals surface area contributed by atoms with Gasteiger partial charge in [-0.1, -0.05) is 32.3 Å². The molecule has 0 fully saturated rings. The molecule has 2 N–H and O–H groups in total. The Kier molecular flexibility index (Phi) is 7.47. The van der Waals surface area contributed by atoms with Crippen molar-refractivity contribution < 1.29 is 19.7 Å². The van der Waals surface area contributed by atoms with Crippen LogP contribution in [0.2, 0.25) is 0 Å². The number of aryl methyl sites for hydroxylation is 1. The number of hydrogen-bond acceptors (Lipinski definition) is 6. The van der Waals surface area contributed by atoms with E-state index >= 15 is 0 Å². The minimum Gasteiger partial charge on any atom is -0.504 e. The lowest BCUT2D eigenvalue weighted by Gasteiger charge is -2.17. The number of Topliss-reactive ketones (excluding diaryl/α,β-unsaturated/α-hetero) is 1. The average Bonchev–Trinajstić information content (AvgIpc) is 3.28. The minimum atomic E-state index is -0.540. The van der Waals surface area contributed by atoms with E-state index in [1.165, 1.54) is 5.57 Å². The van der Waals surface area contributed by atoms with Crippen LogP contribution in [-0.2, 0) is 11.2 Å². The maximum Gasteiger partial charge on any atom is 0.163 e. The number of aliphatic hydroxyl groups excluding tert-OH is 1. The molecule has 0 aromatic heterocycles. The molecule has 0 unspecified atom stereocenters. The number of aliphatic imine (C=N–C) groups is 1. The molecule has 2 aliphatic rings. The van der Waals surface area contributed by atoms with E-state index in [-0.39, 0.29) is 18.0 Å². The molecule has 0 radical (unpaired) electrons. The van der Waals surface area contributed by atoms with E-state index < -0.39 is 6.10 Å². The molecule has 0 bridgehead atoms. The van der Waals surface area contributed by atoms with Crippen LogP contribution in [0.3, 0.4) is 0 Å². The summed E-state index contributed by atoms with van der Waals surface area (Å²) >= 11 is 0. The molecule has 0 saturated carbocycles. The summed E-state index contributed by atoms with van der Waals surface area (Å²) in [6, 6.07) is 5.18. The van der Waals surface area contributed by atoms with Crippen LogP contribution in [0, 0.1) is 0 Å². The third kappa shape index (κ3) is 6.19. The summed E-state index contributed by atoms with van der Waals surface area (Å²) in [5.41, 5.74) is 3.06. The van der Waals surface area contributed by atoms with Crippen LogP contribution in [0.1, 0.15) is 51.0 Å². The number of ether oxygens (including phenoxy) is 1. The first-order valence-corrected chi connectivity index (χ1v) is 10.4. The molecule has 6 nitrogen and oxygen atoms in total. The number of carbonyl (C=O) groups excluding carboxylic acids is 1. The summed E-state index contributed by atoms with van der Waals surface area (Å²) in [7, 11) is 0. The smallest absolute Gasteiger partial charge is 0.163 e. The third-order valence-corrected chi connectivity index (χ3v) is 5.20. The second-order valence-electron chi connectivity index (χ2n) is 7.70. The number of fused-ring (bicyclic) bond motifs is 1. The fourth-order valence-electron chi connectivity index (χ4n) is 3.51. The number of benzene rings is 1. The van der Waals surface area contributed by atoms with Gasteiger partial charge in [0.05, 0.1) is 11.8 Å². The number of unbranched alkanes of at least 4 members (excludes halogenated alkanes) is 2. The number of phenolic OH excluding ortho intramolecular Hbond substituents is 1. The van der Waals surface area contributed by atoms with Gasteiger partial charge in [-0.3, -0.25) is 9.79 Å². The molecular formula is C23H30N2O4. The Morgan fingerprint density at radius 2 is 2.21 bits per heavy atom. The molecule has 0 saturated heterocycles. The number of aromatic hydroxyl groups is 1. The van der Waals surface area contributed by atoms with Gasteiger partial charge in [-0.05, 0) is 36.6 Å². The molecule has 0 aliphatic carbocycles. The summed E-state index contributed by atoms with van der Waals surface area (Å²) < 4.78 is 5.78. The lowest BCUT2D eigenvalue weighted by atomic mass is 10.0. The molecule has 1 aromatic carbocycles. The first-order chi connectivity index (χ1) is 14.0. The van der Waals surface area contributed by atoms with Crippen molar-refractivity contribution in [1.82, 2.24) is 4.90 Å². The van der Waals surface area contributed by atoms with E-state index in [1.54, 1.807) is 24.4 Å². The van der Waals surface area contributed by atoms with Gasteiger partial charge in [0.1, 0.15) is 5.78 Å². The normalized spacial score (nSPS) is 15.9. The van der Waals surface area contributed by atoms with Crippen LogP contribution in [0.15, 0.2) is 46.7 Å². The maximum atomic E-state index is 12.1. The van der Waals surface area contributed by atoms with Crippen molar-refractivity contribution in [2.24, 2.45) is 4.99 Å². The summed E-state index contributed by atoms with van der Waals surface area (Å²) in [5.74, 6) is 0.548. The Morgan fingerprint density at radius 1 is 1.34 bits per heavy atom. The van der Waals surface area contributed by atoms with Gasteiger partial charge in [0.15, 0.2) is 18.2 Å². The highest BCUT2D eigenvalue weighted by molar-refractivity contribution is 5.80. The highest BCUT2D eigenvalue weighted by Gasteiger charge is 2.20. The van der Waals surface area contributed by atoms with Gasteiger partial charge in [-0.25, -0.2) is 0 Å². The van der Waals surface area contributed by atoms with Crippen LogP contribution < -0.4 is 4.74 Å². The van der Waals surface area contributed by atoms with Crippen molar-refractivity contribution in [1.29, 1.82) is 0 Å². The molecule has 2 heterocycles. The molecule has 1 aromatic rings. The molecule has 0 spiro atoms. The molecular weight excluding hydrogens is 368 g/mol. The number of aliphatic hydroxyl groups is 1. The Labute approximate surface area is 172 Å². The van der Waals surface area contributed by atoms with Crippen LogP contribution in [0.25, 0.3) is 0 Å². The number of carbonyl (C=O) groups is 1. The Bertz CT molecular complexity index is 813. The van der Waals surface area contributed by atoms with E-state index in [0.29, 0.717) is 31.7 Å². The zero-order chi connectivity index (χ0) is 20.6. The zero-order valence-electron chi connectivity index (χ0n) is 17.0. The molecule has 0 amide bonds. The molecule has 6 heteroatoms. The van der Waals surface area contributed by atoms with Crippen molar-refractivity contribution in [2.45, 2.75) is 58.0 Å². The van der Waals surface area contributed by atoms with E-state index in [4.69, 9.17) is 4.74 Å². The van der Waals surface area contributed by atoms with Crippen molar-refractivity contribution in [2.75, 3.05) is 13.3 Å². The Hall–Kier alpha value is -2.60. The number of allylic oxidation sites excluding steroid dienone is 1. The topological polar surface area (TPSA) is 82.4 Å². The molecule has 3 rings (SSSR count). The third-order valence-electron chi connectivity index (χ3n) is 5.20. The van der Waals surface area contributed by atoms with Crippen molar-refractivity contribution in [3.63, 3.8) is 0 Å². The van der Waals surface area contributed by atoms with Crippen LogP contribution in [-0.4, -0.2) is 46.5 Å². The van der Waals surface area contributed by atoms with Crippen LogP contribution in [0.4, 0.5) is 0 Å². The second-order valence-corrected chi connectivity index (χ2v) is 7.70. The van der Waals surface area contributed by atoms with Gasteiger partial charge in [-0.2, -0.15) is 0 Å². The number of rotatable bonds is 12. The highest BCUT2D eigenvalue weighted by Crippen LogP contribution is 2.29. The van der Waals surface area contributed by atoms with Gasteiger partial charge < -0.3 is 19.8 Å². The zero-order valence-corrected chi connectivity index (χ0v) is 17.0. The first-order valence-electron chi connectivity index (χ1n) is 10.4. The van der Waals surface area contributed by atoms with Gasteiger partial charge in [0.2, 0.25) is 0 Å². The van der Waals surface area contributed by atoms with Crippen LogP contribution in [0.5, 0.6) is 11.5 Å². The summed E-state index contributed by atoms with van der Waals surface area (Å²) in [4.78, 5) is 18.4. The molecule has 1 atom stereocenters. The fourth-order valence-corrected chi connectivity index (χ4v) is 3.51. The fraction of sp³-hybridized carbons (Fsp3) is 0.478. The van der Waals surface area contributed by atoms with Gasteiger partial charge in [0, 0.05) is 37.4 Å². The molecule has 29 heavy (non-hydrogen) atoms. The maximum absolute atomic E-state index is 12.1. The van der Waals surface area contributed by atoms with Crippen molar-refractivity contribution in [3.8, 4) is 11.5 Å². The summed E-state index contributed by atoms with van der Waals surface area (Å²) in [6.07, 6.45) is 10.2. The predicted octanol–water partition coefficient (Wildman–Crippen LogP) is 3.73. The summed E-state index contributed by atoms with van der Waals surface area (Å²) in [5, 5.41) is 20.0. The molecule has 156 valence electrons. The SMILES string of the molecule is CCCCC[C@@H](O)CC(=O)CCc1ccc(O)c(OCN2C=C3N=CC=C3C2)c1. The van der Waals surface area contributed by atoms with Crippen molar-refractivity contribution >= 4 is 12.0 Å². The van der Waals surface area contributed by atoms with E-state index in [9.17, 15) is 15.0 Å². The van der Waals surface area contributed by atoms with Crippen LogP contribution >= 0.6 is 0 Å². The summed E-state index contributed by atoms with van der Waals surface area (Å²) in [6.45, 7) is 3.17. The standard InChI is InChI=1S/C23H30N2O4/c1-2-3-4-5-19(26)13-20(27)8-6-17-7-9-22(28)23(12-17)29-16-25-14-18-10-11-24-21(18)15-25/h7,9-12,15,19,26,28H,2-6,8,13-14,16H2,1H3/t19-/m1/s1. The lowest BCUT2D eigenvalue weighted by molar-refractivity contribution is -0.121. The predicted molar refractivity (Wildman–Crippen MR) is 113 cm³/mol. The largest absolute Gasteiger partial charge is 0.504 e. The average molecular weight is 399 g/mol. The quantitative estimate of drug-likeness (QED) is 0.524. The number of ketones is 1. The minimum absolute atomic E-state index is 0.0635. The number of hydrogen-bond donors (Lipinski definition) is 2. The molecule has 2 aliphatic heterocycles. The second kappa shape index (κ2) is 10.3. The monoisotopic (exact) mass is 398 g/mol. The lowest BCUT2D eigenvalue weighted by Crippen LogP contribution is -2.21. The van der Waals surface area contributed by atoms with E-state index in [1.807, 2.05) is 17.2 Å². The van der Waals surface area contributed by atoms with Crippen molar-refractivity contribution in [3.05, 3.63) is 47.3 Å². The van der Waals surface area contributed by atoms with E-state index in [0.717, 1.165) is 37.1 Å². The Balaban J connectivity index is 1.45. The highest BCUT2D eigenvalue weighted by atomic mass is 16.5. The number of phenols is 1. The van der Waals surface area contributed by atoms with E-state index in [2.05, 4.69) is 11.9 Å². The van der Waals surface area contributed by atoms with Gasteiger partial charge >= 0.3 is 0 Å². The van der Waals surface area contributed by atoms with Gasteiger partial charge in [0.25, 0.3) is 0 Å². The Morgan fingerprint density at radius 3 is 3.00 bits per heavy atom. The van der Waals surface area contributed by atoms with Gasteiger partial charge in [-0.15, -0.1) is 0 Å². The number of nitrogens with zero attached hydrogens (tertiary/aromatic N) is 2.